The third-order valence-electron chi connectivity index (χ3n) is 2.91. The third-order valence-corrected chi connectivity index (χ3v) is 4.48. The highest BCUT2D eigenvalue weighted by molar-refractivity contribution is 8.18. The molecule has 1 aliphatic rings. The zero-order chi connectivity index (χ0) is 15.5. The van der Waals surface area contributed by atoms with Gasteiger partial charge in [0, 0.05) is 15.6 Å². The van der Waals surface area contributed by atoms with Gasteiger partial charge in [0.15, 0.2) is 5.17 Å². The van der Waals surface area contributed by atoms with E-state index in [9.17, 15) is 4.79 Å². The van der Waals surface area contributed by atoms with Crippen LogP contribution in [0.5, 0.6) is 0 Å². The van der Waals surface area contributed by atoms with Crippen LogP contribution in [0.1, 0.15) is 5.56 Å². The number of hydrogen-bond acceptors (Lipinski definition) is 3. The molecule has 0 bridgehead atoms. The fourth-order valence-corrected chi connectivity index (χ4v) is 3.21. The molecule has 1 aliphatic heterocycles. The number of carbonyl (C=O) groups excluding carboxylic acids is 1. The van der Waals surface area contributed by atoms with Crippen LogP contribution in [0.25, 0.3) is 6.08 Å². The molecule has 1 amide bonds. The van der Waals surface area contributed by atoms with Gasteiger partial charge in [0.25, 0.3) is 5.91 Å². The Kier molecular flexibility index (Phi) is 4.52. The molecular weight excluding hydrogens is 339 g/mol. The summed E-state index contributed by atoms with van der Waals surface area (Å²) in [6.07, 6.45) is 1.68. The number of para-hydroxylation sites is 1. The first kappa shape index (κ1) is 15.2. The van der Waals surface area contributed by atoms with E-state index in [-0.39, 0.29) is 5.91 Å². The molecule has 2 aromatic rings. The minimum atomic E-state index is -0.212. The van der Waals surface area contributed by atoms with E-state index >= 15 is 0 Å². The first-order valence-corrected chi connectivity index (χ1v) is 7.99. The molecule has 22 heavy (non-hydrogen) atoms. The zero-order valence-corrected chi connectivity index (χ0v) is 13.5. The smallest absolute Gasteiger partial charge is 0.264 e. The Hall–Kier alpha value is -1.75. The topological polar surface area (TPSA) is 41.5 Å². The molecule has 0 spiro atoms. The fourth-order valence-electron chi connectivity index (χ4n) is 1.88. The molecule has 0 saturated carbocycles. The number of thioether (sulfide) groups is 1. The predicted octanol–water partition coefficient (Wildman–Crippen LogP) is 4.89. The molecule has 1 fully saturated rings. The standard InChI is InChI=1S/C16H10Cl2N2OS/c17-12-7-4-8-13(18)11(12)9-14-15(21)20-16(22-14)19-10-5-2-1-3-6-10/h1-9H,(H,19,20,21). The van der Waals surface area contributed by atoms with E-state index in [4.69, 9.17) is 23.2 Å². The van der Waals surface area contributed by atoms with Crippen molar-refractivity contribution in [3.63, 3.8) is 0 Å². The summed E-state index contributed by atoms with van der Waals surface area (Å²) in [7, 11) is 0. The molecule has 0 atom stereocenters. The van der Waals surface area contributed by atoms with Crippen LogP contribution in [0.4, 0.5) is 5.69 Å². The number of halogens is 2. The summed E-state index contributed by atoms with van der Waals surface area (Å²) >= 11 is 13.5. The summed E-state index contributed by atoms with van der Waals surface area (Å²) in [6, 6.07) is 14.7. The van der Waals surface area contributed by atoms with Crippen molar-refractivity contribution in [3.05, 3.63) is 69.0 Å². The zero-order valence-electron chi connectivity index (χ0n) is 11.2. The molecule has 0 aliphatic carbocycles. The van der Waals surface area contributed by atoms with Gasteiger partial charge in [0.1, 0.15) is 0 Å². The largest absolute Gasteiger partial charge is 0.300 e. The summed E-state index contributed by atoms with van der Waals surface area (Å²) in [6.45, 7) is 0. The van der Waals surface area contributed by atoms with E-state index in [1.807, 2.05) is 30.3 Å². The lowest BCUT2D eigenvalue weighted by molar-refractivity contribution is -0.115. The van der Waals surface area contributed by atoms with Crippen molar-refractivity contribution in [2.45, 2.75) is 0 Å². The molecule has 2 aromatic carbocycles. The quantitative estimate of drug-likeness (QED) is 0.785. The highest BCUT2D eigenvalue weighted by Gasteiger charge is 2.24. The van der Waals surface area contributed by atoms with Crippen LogP contribution in [-0.2, 0) is 4.79 Å². The average Bonchev–Trinajstić information content (AvgIpc) is 2.84. The normalized spacial score (nSPS) is 18.0. The molecule has 3 rings (SSSR count). The van der Waals surface area contributed by atoms with E-state index in [0.29, 0.717) is 25.7 Å². The number of hydrogen-bond donors (Lipinski definition) is 1. The van der Waals surface area contributed by atoms with Crippen LogP contribution >= 0.6 is 35.0 Å². The Morgan fingerprint density at radius 3 is 2.36 bits per heavy atom. The molecule has 1 N–H and O–H groups in total. The van der Waals surface area contributed by atoms with E-state index in [1.54, 1.807) is 24.3 Å². The summed E-state index contributed by atoms with van der Waals surface area (Å²) in [5.74, 6) is -0.212. The number of amidine groups is 1. The third kappa shape index (κ3) is 3.35. The van der Waals surface area contributed by atoms with Gasteiger partial charge >= 0.3 is 0 Å². The van der Waals surface area contributed by atoms with Gasteiger partial charge in [-0.3, -0.25) is 4.79 Å². The number of rotatable bonds is 2. The van der Waals surface area contributed by atoms with Crippen LogP contribution in [0.3, 0.4) is 0 Å². The molecule has 1 heterocycles. The van der Waals surface area contributed by atoms with Crippen LogP contribution in [-0.4, -0.2) is 11.1 Å². The molecule has 0 radical (unpaired) electrons. The van der Waals surface area contributed by atoms with Gasteiger partial charge in [0.2, 0.25) is 0 Å². The molecule has 3 nitrogen and oxygen atoms in total. The van der Waals surface area contributed by atoms with Crippen molar-refractivity contribution in [2.75, 3.05) is 0 Å². The number of nitrogens with one attached hydrogen (secondary N) is 1. The Bertz CT molecular complexity index is 768. The minimum Gasteiger partial charge on any atom is -0.300 e. The molecule has 1 saturated heterocycles. The van der Waals surface area contributed by atoms with Gasteiger partial charge in [-0.2, -0.15) is 0 Å². The van der Waals surface area contributed by atoms with E-state index in [0.717, 1.165) is 5.69 Å². The Morgan fingerprint density at radius 1 is 1.00 bits per heavy atom. The molecule has 0 aromatic heterocycles. The molecule has 110 valence electrons. The van der Waals surface area contributed by atoms with Crippen LogP contribution in [0.2, 0.25) is 10.0 Å². The van der Waals surface area contributed by atoms with Gasteiger partial charge in [-0.05, 0) is 42.1 Å². The minimum absolute atomic E-state index is 0.212. The molecular formula is C16H10Cl2N2OS. The van der Waals surface area contributed by atoms with Gasteiger partial charge in [-0.1, -0.05) is 47.5 Å². The maximum absolute atomic E-state index is 12.0. The van der Waals surface area contributed by atoms with Crippen LogP contribution in [0.15, 0.2) is 58.4 Å². The van der Waals surface area contributed by atoms with Crippen LogP contribution in [0, 0.1) is 0 Å². The monoisotopic (exact) mass is 348 g/mol. The lowest BCUT2D eigenvalue weighted by Crippen LogP contribution is -2.19. The summed E-state index contributed by atoms with van der Waals surface area (Å²) in [5, 5.41) is 4.27. The predicted molar refractivity (Wildman–Crippen MR) is 93.7 cm³/mol. The van der Waals surface area contributed by atoms with E-state index in [2.05, 4.69) is 10.3 Å². The summed E-state index contributed by atoms with van der Waals surface area (Å²) < 4.78 is 0. The van der Waals surface area contributed by atoms with E-state index < -0.39 is 0 Å². The maximum atomic E-state index is 12.0. The first-order valence-electron chi connectivity index (χ1n) is 6.42. The van der Waals surface area contributed by atoms with Crippen molar-refractivity contribution < 1.29 is 4.79 Å². The SMILES string of the molecule is O=C1NC(=Nc2ccccc2)SC1=Cc1c(Cl)cccc1Cl. The number of benzene rings is 2. The maximum Gasteiger partial charge on any atom is 0.264 e. The molecule has 0 unspecified atom stereocenters. The summed E-state index contributed by atoms with van der Waals surface area (Å²) in [5.41, 5.74) is 1.41. The van der Waals surface area contributed by atoms with E-state index in [1.165, 1.54) is 11.8 Å². The van der Waals surface area contributed by atoms with Crippen molar-refractivity contribution in [2.24, 2.45) is 4.99 Å². The highest BCUT2D eigenvalue weighted by atomic mass is 35.5. The second-order valence-corrected chi connectivity index (χ2v) is 6.30. The van der Waals surface area contributed by atoms with Crippen molar-refractivity contribution >= 4 is 57.8 Å². The molecule has 6 heteroatoms. The Balaban J connectivity index is 1.90. The van der Waals surface area contributed by atoms with Crippen molar-refractivity contribution in [1.82, 2.24) is 5.32 Å². The summed E-state index contributed by atoms with van der Waals surface area (Å²) in [4.78, 5) is 16.9. The first-order chi connectivity index (χ1) is 10.6. The second kappa shape index (κ2) is 6.57. The van der Waals surface area contributed by atoms with Gasteiger partial charge < -0.3 is 5.32 Å². The Labute approximate surface area is 142 Å². The second-order valence-electron chi connectivity index (χ2n) is 4.45. The number of carbonyl (C=O) groups is 1. The van der Waals surface area contributed by atoms with Gasteiger partial charge in [-0.15, -0.1) is 0 Å². The van der Waals surface area contributed by atoms with Crippen molar-refractivity contribution in [1.29, 1.82) is 0 Å². The van der Waals surface area contributed by atoms with Crippen LogP contribution < -0.4 is 5.32 Å². The lowest BCUT2D eigenvalue weighted by atomic mass is 10.2. The lowest BCUT2D eigenvalue weighted by Gasteiger charge is -2.01. The average molecular weight is 349 g/mol. The number of nitrogens with zero attached hydrogens (tertiary/aromatic N) is 1. The van der Waals surface area contributed by atoms with Gasteiger partial charge in [0.05, 0.1) is 10.6 Å². The fraction of sp³-hybridized carbons (Fsp3) is 0. The highest BCUT2D eigenvalue weighted by Crippen LogP contribution is 2.32. The number of amides is 1. The van der Waals surface area contributed by atoms with Crippen molar-refractivity contribution in [3.8, 4) is 0 Å². The number of aliphatic imine (C=N–C) groups is 1. The Morgan fingerprint density at radius 2 is 1.68 bits per heavy atom. The van der Waals surface area contributed by atoms with Gasteiger partial charge in [-0.25, -0.2) is 4.99 Å².